The molecule has 3 N–H and O–H groups in total. The molecule has 3 atom stereocenters. The van der Waals surface area contributed by atoms with Gasteiger partial charge < -0.3 is 11.1 Å². The number of amides is 1. The van der Waals surface area contributed by atoms with E-state index in [-0.39, 0.29) is 30.5 Å². The zero-order valence-electron chi connectivity index (χ0n) is 17.1. The Balaban J connectivity index is 0.00000392. The fourth-order valence-corrected chi connectivity index (χ4v) is 4.42. The number of benzene rings is 1. The Morgan fingerprint density at radius 3 is 2.25 bits per heavy atom. The first-order chi connectivity index (χ1) is 12.6. The van der Waals surface area contributed by atoms with Gasteiger partial charge >= 0.3 is 0 Å². The van der Waals surface area contributed by atoms with E-state index in [1.165, 1.54) is 12.0 Å². The standard InChI is InChI=1S/C20H33N3O3S.ClH/c1-15-10-16(2)13-23(12-15)14-18-6-4-17(5-7-18)11-22-20(24)19(21)8-9-27(3,25)26;/h4-7,15-16,19H,8-14,21H2,1-3H3,(H,22,24);1H. The highest BCUT2D eigenvalue weighted by atomic mass is 35.5. The Morgan fingerprint density at radius 1 is 1.18 bits per heavy atom. The number of nitrogens with zero attached hydrogens (tertiary/aromatic N) is 1. The molecule has 0 bridgehead atoms. The van der Waals surface area contributed by atoms with Gasteiger partial charge in [0.05, 0.1) is 11.8 Å². The quantitative estimate of drug-likeness (QED) is 0.656. The van der Waals surface area contributed by atoms with Crippen molar-refractivity contribution in [1.29, 1.82) is 0 Å². The van der Waals surface area contributed by atoms with Gasteiger partial charge in [-0.2, -0.15) is 0 Å². The van der Waals surface area contributed by atoms with Crippen LogP contribution < -0.4 is 11.1 Å². The van der Waals surface area contributed by atoms with Gasteiger partial charge in [0.25, 0.3) is 0 Å². The lowest BCUT2D eigenvalue weighted by molar-refractivity contribution is -0.122. The minimum absolute atomic E-state index is 0. The van der Waals surface area contributed by atoms with Crippen LogP contribution in [0.4, 0.5) is 0 Å². The van der Waals surface area contributed by atoms with Crippen LogP contribution >= 0.6 is 12.4 Å². The second-order valence-electron chi connectivity index (χ2n) is 8.20. The van der Waals surface area contributed by atoms with E-state index in [1.807, 2.05) is 12.1 Å². The number of hydrogen-bond acceptors (Lipinski definition) is 5. The molecule has 1 aliphatic rings. The van der Waals surface area contributed by atoms with E-state index >= 15 is 0 Å². The number of halogens is 1. The van der Waals surface area contributed by atoms with Crippen molar-refractivity contribution in [2.45, 2.75) is 45.8 Å². The summed E-state index contributed by atoms with van der Waals surface area (Å²) in [6.45, 7) is 8.27. The molecule has 0 saturated carbocycles. The molecule has 0 aromatic heterocycles. The van der Waals surface area contributed by atoms with Crippen molar-refractivity contribution in [3.8, 4) is 0 Å². The number of likely N-dealkylation sites (tertiary alicyclic amines) is 1. The lowest BCUT2D eigenvalue weighted by Crippen LogP contribution is -2.41. The number of carbonyl (C=O) groups is 1. The SMILES string of the molecule is CC1CC(C)CN(Cc2ccc(CNC(=O)C(N)CCS(C)(=O)=O)cc2)C1.Cl. The minimum Gasteiger partial charge on any atom is -0.351 e. The number of nitrogens with one attached hydrogen (secondary N) is 1. The summed E-state index contributed by atoms with van der Waals surface area (Å²) < 4.78 is 22.3. The fourth-order valence-electron chi connectivity index (χ4n) is 3.73. The second-order valence-corrected chi connectivity index (χ2v) is 10.5. The van der Waals surface area contributed by atoms with Gasteiger partial charge in [0.15, 0.2) is 0 Å². The average Bonchev–Trinajstić information content (AvgIpc) is 2.57. The molecule has 1 heterocycles. The van der Waals surface area contributed by atoms with Crippen LogP contribution in [0, 0.1) is 11.8 Å². The smallest absolute Gasteiger partial charge is 0.237 e. The molecular formula is C20H34ClN3O3S. The summed E-state index contributed by atoms with van der Waals surface area (Å²) in [5.41, 5.74) is 8.03. The van der Waals surface area contributed by atoms with E-state index in [0.29, 0.717) is 6.54 Å². The van der Waals surface area contributed by atoms with Crippen LogP contribution in [0.25, 0.3) is 0 Å². The predicted octanol–water partition coefficient (Wildman–Crippen LogP) is 1.96. The molecule has 0 spiro atoms. The summed E-state index contributed by atoms with van der Waals surface area (Å²) in [6, 6.07) is 7.45. The van der Waals surface area contributed by atoms with Gasteiger partial charge in [0.1, 0.15) is 9.84 Å². The molecule has 1 saturated heterocycles. The number of carbonyl (C=O) groups excluding carboxylic acids is 1. The molecule has 28 heavy (non-hydrogen) atoms. The summed E-state index contributed by atoms with van der Waals surface area (Å²) in [6.07, 6.45) is 2.59. The number of nitrogens with two attached hydrogens (primary N) is 1. The Bertz CT molecular complexity index is 715. The third-order valence-corrected chi connectivity index (χ3v) is 5.95. The Labute approximate surface area is 175 Å². The van der Waals surface area contributed by atoms with Crippen molar-refractivity contribution in [3.05, 3.63) is 35.4 Å². The maximum atomic E-state index is 12.0. The van der Waals surface area contributed by atoms with E-state index in [1.54, 1.807) is 0 Å². The molecule has 1 fully saturated rings. The first kappa shape index (κ1) is 24.9. The number of rotatable bonds is 8. The summed E-state index contributed by atoms with van der Waals surface area (Å²) in [4.78, 5) is 14.5. The molecule has 0 aliphatic carbocycles. The van der Waals surface area contributed by atoms with E-state index < -0.39 is 15.9 Å². The molecule has 1 aromatic carbocycles. The van der Waals surface area contributed by atoms with Crippen molar-refractivity contribution >= 4 is 28.2 Å². The van der Waals surface area contributed by atoms with E-state index in [2.05, 4.69) is 36.2 Å². The summed E-state index contributed by atoms with van der Waals surface area (Å²) in [7, 11) is -3.11. The van der Waals surface area contributed by atoms with Gasteiger partial charge in [0, 0.05) is 32.4 Å². The molecule has 1 aromatic rings. The van der Waals surface area contributed by atoms with Crippen LogP contribution in [0.5, 0.6) is 0 Å². The fraction of sp³-hybridized carbons (Fsp3) is 0.650. The van der Waals surface area contributed by atoms with Crippen molar-refractivity contribution in [1.82, 2.24) is 10.2 Å². The van der Waals surface area contributed by atoms with Gasteiger partial charge in [-0.05, 0) is 35.8 Å². The third kappa shape index (κ3) is 8.90. The molecule has 3 unspecified atom stereocenters. The van der Waals surface area contributed by atoms with E-state index in [9.17, 15) is 13.2 Å². The summed E-state index contributed by atoms with van der Waals surface area (Å²) >= 11 is 0. The van der Waals surface area contributed by atoms with Gasteiger partial charge in [-0.1, -0.05) is 38.1 Å². The summed E-state index contributed by atoms with van der Waals surface area (Å²) in [5, 5.41) is 2.78. The largest absolute Gasteiger partial charge is 0.351 e. The van der Waals surface area contributed by atoms with Crippen molar-refractivity contribution in [2.75, 3.05) is 25.1 Å². The second kappa shape index (κ2) is 11.1. The molecule has 8 heteroatoms. The summed E-state index contributed by atoms with van der Waals surface area (Å²) in [5.74, 6) is 1.09. The number of hydrogen-bond donors (Lipinski definition) is 2. The maximum Gasteiger partial charge on any atom is 0.237 e. The molecule has 160 valence electrons. The van der Waals surface area contributed by atoms with Crippen molar-refractivity contribution < 1.29 is 13.2 Å². The minimum atomic E-state index is -3.11. The van der Waals surface area contributed by atoms with Gasteiger partial charge in [-0.15, -0.1) is 12.4 Å². The van der Waals surface area contributed by atoms with Crippen LogP contribution in [0.1, 0.15) is 37.8 Å². The first-order valence-corrected chi connectivity index (χ1v) is 11.7. The molecule has 1 aliphatic heterocycles. The zero-order valence-corrected chi connectivity index (χ0v) is 18.7. The van der Waals surface area contributed by atoms with Crippen LogP contribution in [0.2, 0.25) is 0 Å². The highest BCUT2D eigenvalue weighted by Crippen LogP contribution is 2.22. The van der Waals surface area contributed by atoms with Crippen LogP contribution in [0.3, 0.4) is 0 Å². The van der Waals surface area contributed by atoms with Crippen LogP contribution in [-0.4, -0.2) is 50.4 Å². The first-order valence-electron chi connectivity index (χ1n) is 9.63. The highest BCUT2D eigenvalue weighted by molar-refractivity contribution is 7.90. The van der Waals surface area contributed by atoms with Gasteiger partial charge in [-0.25, -0.2) is 8.42 Å². The third-order valence-electron chi connectivity index (χ3n) is 4.98. The Hall–Kier alpha value is -1.15. The number of sulfone groups is 1. The monoisotopic (exact) mass is 431 g/mol. The molecule has 2 rings (SSSR count). The van der Waals surface area contributed by atoms with E-state index in [4.69, 9.17) is 5.73 Å². The molecular weight excluding hydrogens is 398 g/mol. The van der Waals surface area contributed by atoms with Crippen molar-refractivity contribution in [3.63, 3.8) is 0 Å². The Kier molecular flexibility index (Phi) is 9.90. The molecule has 1 amide bonds. The molecule has 6 nitrogen and oxygen atoms in total. The lowest BCUT2D eigenvalue weighted by atomic mass is 9.91. The van der Waals surface area contributed by atoms with Gasteiger partial charge in [0.2, 0.25) is 5.91 Å². The molecule has 0 radical (unpaired) electrons. The maximum absolute atomic E-state index is 12.0. The van der Waals surface area contributed by atoms with Gasteiger partial charge in [-0.3, -0.25) is 9.69 Å². The number of piperidine rings is 1. The van der Waals surface area contributed by atoms with Crippen LogP contribution in [-0.2, 0) is 27.7 Å². The highest BCUT2D eigenvalue weighted by Gasteiger charge is 2.21. The topological polar surface area (TPSA) is 92.5 Å². The van der Waals surface area contributed by atoms with E-state index in [0.717, 1.165) is 43.3 Å². The van der Waals surface area contributed by atoms with Crippen molar-refractivity contribution in [2.24, 2.45) is 17.6 Å². The zero-order chi connectivity index (χ0) is 20.0. The normalized spacial score (nSPS) is 21.6. The Morgan fingerprint density at radius 2 is 1.71 bits per heavy atom. The average molecular weight is 432 g/mol. The van der Waals surface area contributed by atoms with Crippen LogP contribution in [0.15, 0.2) is 24.3 Å². The lowest BCUT2D eigenvalue weighted by Gasteiger charge is -2.35. The predicted molar refractivity (Wildman–Crippen MR) is 116 cm³/mol.